The van der Waals surface area contributed by atoms with Crippen molar-refractivity contribution >= 4 is 40.0 Å². The van der Waals surface area contributed by atoms with Gasteiger partial charge in [0.1, 0.15) is 11.9 Å². The molecule has 1 aromatic heterocycles. The fourth-order valence-corrected chi connectivity index (χ4v) is 4.61. The van der Waals surface area contributed by atoms with Gasteiger partial charge in [-0.2, -0.15) is 0 Å². The Morgan fingerprint density at radius 2 is 1.89 bits per heavy atom. The van der Waals surface area contributed by atoms with Crippen LogP contribution < -0.4 is 21.7 Å². The number of fused-ring (bicyclic) bond motifs is 10. The van der Waals surface area contributed by atoms with Crippen molar-refractivity contribution in [3.8, 4) is 0 Å². The average Bonchev–Trinajstić information content (AvgIpc) is 2.88. The van der Waals surface area contributed by atoms with Crippen LogP contribution in [0.5, 0.6) is 0 Å². The third kappa shape index (κ3) is 5.33. The fraction of sp³-hybridized carbons (Fsp3) is 0.207. The Bertz CT molecular complexity index is 1490. The molecule has 5 N–H and O–H groups in total. The minimum Gasteiger partial charge on any atom is -0.449 e. The molecule has 1 unspecified atom stereocenters. The summed E-state index contributed by atoms with van der Waals surface area (Å²) in [5.41, 5.74) is 11.2. The molecular formula is C29H29N5O3. The summed E-state index contributed by atoms with van der Waals surface area (Å²) in [4.78, 5) is 30.1. The van der Waals surface area contributed by atoms with Gasteiger partial charge in [-0.05, 0) is 77.9 Å². The molecule has 37 heavy (non-hydrogen) atoms. The number of anilines is 3. The van der Waals surface area contributed by atoms with E-state index in [4.69, 9.17) is 10.5 Å². The summed E-state index contributed by atoms with van der Waals surface area (Å²) in [5.74, 6) is 0.299. The molecule has 0 fully saturated rings. The van der Waals surface area contributed by atoms with E-state index in [0.29, 0.717) is 17.9 Å². The lowest BCUT2D eigenvalue weighted by molar-refractivity contribution is -0.122. The normalized spacial score (nSPS) is 18.1. The summed E-state index contributed by atoms with van der Waals surface area (Å²) in [7, 11) is 0. The highest BCUT2D eigenvalue weighted by atomic mass is 16.5. The number of aromatic nitrogens is 1. The third-order valence-corrected chi connectivity index (χ3v) is 6.66. The molecule has 4 aromatic rings. The topological polar surface area (TPSA) is 118 Å². The zero-order valence-corrected chi connectivity index (χ0v) is 20.7. The number of aryl methyl sites for hydroxylation is 1. The van der Waals surface area contributed by atoms with E-state index in [2.05, 4.69) is 20.9 Å². The van der Waals surface area contributed by atoms with Gasteiger partial charge in [-0.15, -0.1) is 0 Å². The highest BCUT2D eigenvalue weighted by Crippen LogP contribution is 2.28. The molecule has 8 heteroatoms. The molecule has 2 amide bonds. The second kappa shape index (κ2) is 10.2. The lowest BCUT2D eigenvalue weighted by Crippen LogP contribution is -2.35. The van der Waals surface area contributed by atoms with E-state index in [1.165, 1.54) is 0 Å². The van der Waals surface area contributed by atoms with Crippen LogP contribution in [0, 0.1) is 6.92 Å². The van der Waals surface area contributed by atoms with E-state index in [1.54, 1.807) is 12.3 Å². The van der Waals surface area contributed by atoms with Gasteiger partial charge in [0.2, 0.25) is 5.91 Å². The van der Waals surface area contributed by atoms with Gasteiger partial charge in [-0.25, -0.2) is 9.78 Å². The Morgan fingerprint density at radius 1 is 1.03 bits per heavy atom. The summed E-state index contributed by atoms with van der Waals surface area (Å²) in [5, 5.41) is 11.1. The molecule has 0 saturated carbocycles. The maximum Gasteiger partial charge on any atom is 0.411 e. The monoisotopic (exact) mass is 495 g/mol. The zero-order chi connectivity index (χ0) is 25.9. The minimum absolute atomic E-state index is 0.168. The number of pyridine rings is 1. The van der Waals surface area contributed by atoms with Gasteiger partial charge in [0, 0.05) is 29.4 Å². The van der Waals surface area contributed by atoms with Crippen molar-refractivity contribution in [2.75, 3.05) is 23.0 Å². The molecule has 0 radical (unpaired) electrons. The van der Waals surface area contributed by atoms with Crippen LogP contribution in [-0.2, 0) is 16.0 Å². The molecule has 3 aromatic carbocycles. The van der Waals surface area contributed by atoms with Crippen LogP contribution in [0.3, 0.4) is 0 Å². The largest absolute Gasteiger partial charge is 0.449 e. The van der Waals surface area contributed by atoms with Crippen molar-refractivity contribution in [3.63, 3.8) is 0 Å². The molecule has 2 aliphatic heterocycles. The van der Waals surface area contributed by atoms with Crippen molar-refractivity contribution < 1.29 is 14.3 Å². The van der Waals surface area contributed by atoms with Gasteiger partial charge in [-0.1, -0.05) is 30.3 Å². The number of hydrogen-bond acceptors (Lipinski definition) is 6. The SMILES string of the molecule is Cc1cc2ccc1CCOC(=O)Nc1cccc(c1)C(C)NC(=O)[C@H]2Nc1ccc2c(N)nccc2c1. The lowest BCUT2D eigenvalue weighted by atomic mass is 9.97. The maximum absolute atomic E-state index is 13.7. The van der Waals surface area contributed by atoms with Crippen LogP contribution in [0.4, 0.5) is 22.0 Å². The van der Waals surface area contributed by atoms with E-state index in [1.807, 2.05) is 74.5 Å². The maximum atomic E-state index is 13.7. The van der Waals surface area contributed by atoms with Gasteiger partial charge in [0.15, 0.2) is 0 Å². The lowest BCUT2D eigenvalue weighted by Gasteiger charge is -2.24. The highest BCUT2D eigenvalue weighted by molar-refractivity contribution is 5.94. The summed E-state index contributed by atoms with van der Waals surface area (Å²) >= 11 is 0. The smallest absolute Gasteiger partial charge is 0.411 e. The molecular weight excluding hydrogens is 466 g/mol. The van der Waals surface area contributed by atoms with Crippen molar-refractivity contribution in [2.45, 2.75) is 32.4 Å². The molecule has 0 aliphatic carbocycles. The molecule has 4 bridgehead atoms. The van der Waals surface area contributed by atoms with Crippen LogP contribution in [0.15, 0.2) is 72.9 Å². The van der Waals surface area contributed by atoms with E-state index < -0.39 is 12.1 Å². The quantitative estimate of drug-likeness (QED) is 0.301. The Morgan fingerprint density at radius 3 is 2.73 bits per heavy atom. The van der Waals surface area contributed by atoms with Crippen LogP contribution in [0.1, 0.15) is 41.3 Å². The van der Waals surface area contributed by atoms with Gasteiger partial charge >= 0.3 is 6.09 Å². The van der Waals surface area contributed by atoms with E-state index in [-0.39, 0.29) is 18.6 Å². The Balaban J connectivity index is 1.52. The fourth-order valence-electron chi connectivity index (χ4n) is 4.61. The predicted octanol–water partition coefficient (Wildman–Crippen LogP) is 5.26. The molecule has 3 heterocycles. The second-order valence-corrected chi connectivity index (χ2v) is 9.26. The number of nitrogen functional groups attached to an aromatic ring is 1. The summed E-state index contributed by atoms with van der Waals surface area (Å²) in [6.07, 6.45) is 1.73. The number of benzene rings is 3. The number of carbonyl (C=O) groups is 2. The molecule has 188 valence electrons. The zero-order valence-electron chi connectivity index (χ0n) is 20.7. The number of ether oxygens (including phenoxy) is 1. The van der Waals surface area contributed by atoms with Crippen LogP contribution in [0.25, 0.3) is 10.8 Å². The van der Waals surface area contributed by atoms with E-state index in [9.17, 15) is 9.59 Å². The molecule has 0 spiro atoms. The van der Waals surface area contributed by atoms with Gasteiger partial charge in [0.05, 0.1) is 12.6 Å². The Kier molecular flexibility index (Phi) is 6.64. The summed E-state index contributed by atoms with van der Waals surface area (Å²) < 4.78 is 5.39. The number of carbonyl (C=O) groups excluding carboxylic acids is 2. The average molecular weight is 496 g/mol. The number of amides is 2. The predicted molar refractivity (Wildman–Crippen MR) is 145 cm³/mol. The van der Waals surface area contributed by atoms with Crippen molar-refractivity contribution in [1.82, 2.24) is 10.3 Å². The third-order valence-electron chi connectivity index (χ3n) is 6.66. The van der Waals surface area contributed by atoms with Gasteiger partial charge in [0.25, 0.3) is 0 Å². The van der Waals surface area contributed by atoms with Crippen LogP contribution in [0.2, 0.25) is 0 Å². The minimum atomic E-state index is -0.640. The number of nitrogens with zero attached hydrogens (tertiary/aromatic N) is 1. The van der Waals surface area contributed by atoms with E-state index >= 15 is 0 Å². The second-order valence-electron chi connectivity index (χ2n) is 9.26. The summed E-state index contributed by atoms with van der Waals surface area (Å²) in [6, 6.07) is 20.0. The summed E-state index contributed by atoms with van der Waals surface area (Å²) in [6.45, 7) is 4.16. The standard InChI is InChI=1S/C29H29N5O3/c1-17-14-22-7-6-19(17)11-13-37-29(36)34-23-5-3-4-20(15-23)18(2)32-28(35)26(22)33-24-8-9-25-21(16-24)10-12-31-27(25)30/h3-10,12,14-16,18,26,33H,11,13H2,1-2H3,(H2,30,31)(H,32,35)(H,34,36)/t18?,26-/m0/s1. The Hall–Kier alpha value is -4.59. The first-order chi connectivity index (χ1) is 17.9. The molecule has 6 rings (SSSR count). The molecule has 8 nitrogen and oxygen atoms in total. The molecule has 0 saturated heterocycles. The number of nitrogens with two attached hydrogens (primary N) is 1. The first kappa shape index (κ1) is 24.1. The van der Waals surface area contributed by atoms with Crippen LogP contribution in [-0.4, -0.2) is 23.6 Å². The number of rotatable bonds is 2. The van der Waals surface area contributed by atoms with Crippen molar-refractivity contribution in [3.05, 3.63) is 95.2 Å². The Labute approximate surface area is 215 Å². The first-order valence-electron chi connectivity index (χ1n) is 12.2. The highest BCUT2D eigenvalue weighted by Gasteiger charge is 2.24. The van der Waals surface area contributed by atoms with Gasteiger partial charge < -0.3 is 21.1 Å². The number of hydrogen-bond donors (Lipinski definition) is 4. The molecule has 2 atom stereocenters. The van der Waals surface area contributed by atoms with Gasteiger partial charge in [-0.3, -0.25) is 10.1 Å². The molecule has 2 aliphatic rings. The van der Waals surface area contributed by atoms with E-state index in [0.717, 1.165) is 38.7 Å². The van der Waals surface area contributed by atoms with Crippen molar-refractivity contribution in [2.24, 2.45) is 0 Å². The number of nitrogens with one attached hydrogen (secondary N) is 3. The first-order valence-corrected chi connectivity index (χ1v) is 12.2. The van der Waals surface area contributed by atoms with Crippen molar-refractivity contribution in [1.29, 1.82) is 0 Å². The van der Waals surface area contributed by atoms with Crippen LogP contribution >= 0.6 is 0 Å².